The van der Waals surface area contributed by atoms with Gasteiger partial charge < -0.3 is 9.63 Å². The number of hydrogen-bond acceptors (Lipinski definition) is 4. The minimum Gasteiger partial charge on any atom is -0.389 e. The first-order chi connectivity index (χ1) is 7.48. The third-order valence-electron chi connectivity index (χ3n) is 3.31. The molecule has 0 unspecified atom stereocenters. The van der Waals surface area contributed by atoms with Crippen LogP contribution in [0, 0.1) is 5.92 Å². The number of nitrogens with zero attached hydrogens (tertiary/aromatic N) is 2. The molecule has 1 saturated carbocycles. The molecule has 0 aliphatic heterocycles. The monoisotopic (exact) mass is 224 g/mol. The fourth-order valence-electron chi connectivity index (χ4n) is 2.38. The third kappa shape index (κ3) is 2.43. The highest BCUT2D eigenvalue weighted by Crippen LogP contribution is 2.36. The number of aromatic nitrogens is 2. The van der Waals surface area contributed by atoms with E-state index in [1.54, 1.807) is 0 Å². The summed E-state index contributed by atoms with van der Waals surface area (Å²) in [6.45, 7) is 6.23. The van der Waals surface area contributed by atoms with Crippen molar-refractivity contribution in [3.8, 4) is 0 Å². The summed E-state index contributed by atoms with van der Waals surface area (Å²) in [4.78, 5) is 4.31. The summed E-state index contributed by atoms with van der Waals surface area (Å²) in [5.74, 6) is 2.16. The molecule has 2 atom stereocenters. The Bertz CT molecular complexity index is 362. The summed E-state index contributed by atoms with van der Waals surface area (Å²) >= 11 is 0. The highest BCUT2D eigenvalue weighted by molar-refractivity contribution is 4.98. The van der Waals surface area contributed by atoms with E-state index in [1.807, 2.05) is 13.8 Å². The maximum Gasteiger partial charge on any atom is 0.229 e. The molecule has 1 fully saturated rings. The lowest BCUT2D eigenvalue weighted by Crippen LogP contribution is -2.27. The quantitative estimate of drug-likeness (QED) is 0.855. The predicted molar refractivity (Wildman–Crippen MR) is 60.1 cm³/mol. The molecule has 0 bridgehead atoms. The molecule has 90 valence electrons. The lowest BCUT2D eigenvalue weighted by molar-refractivity contribution is 0.0368. The van der Waals surface area contributed by atoms with Gasteiger partial charge in [-0.15, -0.1) is 0 Å². The van der Waals surface area contributed by atoms with Crippen molar-refractivity contribution >= 4 is 0 Å². The molecule has 16 heavy (non-hydrogen) atoms. The molecular formula is C12H20N2O2. The van der Waals surface area contributed by atoms with Gasteiger partial charge in [0.2, 0.25) is 5.89 Å². The zero-order valence-electron chi connectivity index (χ0n) is 10.2. The largest absolute Gasteiger partial charge is 0.389 e. The Morgan fingerprint density at radius 1 is 1.56 bits per heavy atom. The normalized spacial score (nSPS) is 30.2. The van der Waals surface area contributed by atoms with E-state index in [0.29, 0.717) is 18.2 Å². The van der Waals surface area contributed by atoms with Gasteiger partial charge in [0.1, 0.15) is 0 Å². The minimum absolute atomic E-state index is 0.273. The number of hydrogen-bond donors (Lipinski definition) is 1. The van der Waals surface area contributed by atoms with Crippen LogP contribution in [0.3, 0.4) is 0 Å². The van der Waals surface area contributed by atoms with Gasteiger partial charge in [-0.3, -0.25) is 0 Å². The summed E-state index contributed by atoms with van der Waals surface area (Å²) in [5.41, 5.74) is -0.625. The standard InChI is InChI=1S/C12H20N2O2/c1-8(2)11-13-10(16-14-11)7-12(15)5-4-9(3)6-12/h8-9,15H,4-7H2,1-3H3/t9-,12+/m1/s1. The molecule has 0 spiro atoms. The first kappa shape index (κ1) is 11.6. The van der Waals surface area contributed by atoms with Crippen molar-refractivity contribution in [1.82, 2.24) is 10.1 Å². The van der Waals surface area contributed by atoms with Crippen molar-refractivity contribution in [2.24, 2.45) is 5.92 Å². The van der Waals surface area contributed by atoms with Gasteiger partial charge in [-0.2, -0.15) is 4.98 Å². The van der Waals surface area contributed by atoms with Crippen molar-refractivity contribution in [3.63, 3.8) is 0 Å². The van der Waals surface area contributed by atoms with Gasteiger partial charge >= 0.3 is 0 Å². The molecule has 1 aromatic heterocycles. The minimum atomic E-state index is -0.625. The van der Waals surface area contributed by atoms with Crippen LogP contribution in [-0.4, -0.2) is 20.8 Å². The van der Waals surface area contributed by atoms with Gasteiger partial charge in [-0.25, -0.2) is 0 Å². The van der Waals surface area contributed by atoms with Gasteiger partial charge in [0.05, 0.1) is 12.0 Å². The Hall–Kier alpha value is -0.900. The zero-order chi connectivity index (χ0) is 11.8. The predicted octanol–water partition coefficient (Wildman–Crippen LogP) is 2.29. The van der Waals surface area contributed by atoms with E-state index in [0.717, 1.165) is 25.1 Å². The van der Waals surface area contributed by atoms with Crippen molar-refractivity contribution in [3.05, 3.63) is 11.7 Å². The van der Waals surface area contributed by atoms with Crippen LogP contribution in [0.15, 0.2) is 4.52 Å². The Labute approximate surface area is 96.1 Å². The van der Waals surface area contributed by atoms with E-state index in [-0.39, 0.29) is 5.92 Å². The molecule has 1 heterocycles. The van der Waals surface area contributed by atoms with E-state index in [9.17, 15) is 5.11 Å². The molecule has 1 N–H and O–H groups in total. The Kier molecular flexibility index (Phi) is 3.02. The van der Waals surface area contributed by atoms with Crippen molar-refractivity contribution in [2.45, 2.75) is 58.0 Å². The van der Waals surface area contributed by atoms with Gasteiger partial charge in [-0.1, -0.05) is 25.9 Å². The maximum absolute atomic E-state index is 10.3. The van der Waals surface area contributed by atoms with Crippen LogP contribution >= 0.6 is 0 Å². The van der Waals surface area contributed by atoms with E-state index in [2.05, 4.69) is 17.1 Å². The second kappa shape index (κ2) is 4.17. The first-order valence-electron chi connectivity index (χ1n) is 6.03. The fraction of sp³-hybridized carbons (Fsp3) is 0.833. The van der Waals surface area contributed by atoms with E-state index in [1.165, 1.54) is 0 Å². The van der Waals surface area contributed by atoms with Crippen LogP contribution in [0.25, 0.3) is 0 Å². The number of rotatable bonds is 3. The third-order valence-corrected chi connectivity index (χ3v) is 3.31. The lowest BCUT2D eigenvalue weighted by Gasteiger charge is -2.19. The lowest BCUT2D eigenvalue weighted by atomic mass is 9.97. The Morgan fingerprint density at radius 2 is 2.31 bits per heavy atom. The molecule has 1 aliphatic carbocycles. The van der Waals surface area contributed by atoms with Gasteiger partial charge in [-0.05, 0) is 25.2 Å². The van der Waals surface area contributed by atoms with Crippen LogP contribution < -0.4 is 0 Å². The smallest absolute Gasteiger partial charge is 0.229 e. The Morgan fingerprint density at radius 3 is 2.81 bits per heavy atom. The number of aliphatic hydroxyl groups is 1. The molecule has 1 aliphatic rings. The Balaban J connectivity index is 2.03. The summed E-state index contributed by atoms with van der Waals surface area (Å²) in [6.07, 6.45) is 3.26. The summed E-state index contributed by atoms with van der Waals surface area (Å²) in [5, 5.41) is 14.2. The van der Waals surface area contributed by atoms with Crippen LogP contribution in [-0.2, 0) is 6.42 Å². The van der Waals surface area contributed by atoms with Crippen LogP contribution in [0.2, 0.25) is 0 Å². The van der Waals surface area contributed by atoms with Gasteiger partial charge in [0.15, 0.2) is 5.82 Å². The highest BCUT2D eigenvalue weighted by Gasteiger charge is 2.37. The average molecular weight is 224 g/mol. The van der Waals surface area contributed by atoms with Gasteiger partial charge in [0.25, 0.3) is 0 Å². The van der Waals surface area contributed by atoms with E-state index >= 15 is 0 Å². The van der Waals surface area contributed by atoms with Crippen molar-refractivity contribution in [1.29, 1.82) is 0 Å². The topological polar surface area (TPSA) is 59.2 Å². The van der Waals surface area contributed by atoms with Crippen molar-refractivity contribution < 1.29 is 9.63 Å². The second-order valence-electron chi connectivity index (χ2n) is 5.45. The molecular weight excluding hydrogens is 204 g/mol. The average Bonchev–Trinajstić information content (AvgIpc) is 2.74. The summed E-state index contributed by atoms with van der Waals surface area (Å²) in [6, 6.07) is 0. The molecule has 4 heteroatoms. The van der Waals surface area contributed by atoms with Crippen LogP contribution in [0.5, 0.6) is 0 Å². The molecule has 4 nitrogen and oxygen atoms in total. The SMILES string of the molecule is CC(C)c1noc(C[C@]2(O)CC[C@@H](C)C2)n1. The van der Waals surface area contributed by atoms with Gasteiger partial charge in [0, 0.05) is 5.92 Å². The highest BCUT2D eigenvalue weighted by atomic mass is 16.5. The molecule has 0 saturated heterocycles. The molecule has 0 amide bonds. The molecule has 1 aromatic rings. The maximum atomic E-state index is 10.3. The van der Waals surface area contributed by atoms with E-state index < -0.39 is 5.60 Å². The second-order valence-corrected chi connectivity index (χ2v) is 5.45. The summed E-state index contributed by atoms with van der Waals surface area (Å²) in [7, 11) is 0. The summed E-state index contributed by atoms with van der Waals surface area (Å²) < 4.78 is 5.17. The molecule has 0 aromatic carbocycles. The molecule has 2 rings (SSSR count). The van der Waals surface area contributed by atoms with Crippen molar-refractivity contribution in [2.75, 3.05) is 0 Å². The van der Waals surface area contributed by atoms with Crippen LogP contribution in [0.4, 0.5) is 0 Å². The first-order valence-corrected chi connectivity index (χ1v) is 6.03. The molecule has 0 radical (unpaired) electrons. The zero-order valence-corrected chi connectivity index (χ0v) is 10.2. The van der Waals surface area contributed by atoms with Crippen LogP contribution in [0.1, 0.15) is 57.7 Å². The fourth-order valence-corrected chi connectivity index (χ4v) is 2.38. The van der Waals surface area contributed by atoms with E-state index in [4.69, 9.17) is 4.52 Å².